The third-order valence-corrected chi connectivity index (χ3v) is 6.12. The van der Waals surface area contributed by atoms with Gasteiger partial charge in [-0.15, -0.1) is 0 Å². The zero-order valence-electron chi connectivity index (χ0n) is 16.6. The summed E-state index contributed by atoms with van der Waals surface area (Å²) in [7, 11) is 0. The van der Waals surface area contributed by atoms with E-state index in [1.54, 1.807) is 4.90 Å². The molecule has 5 heteroatoms. The summed E-state index contributed by atoms with van der Waals surface area (Å²) < 4.78 is 13.2. The van der Waals surface area contributed by atoms with Gasteiger partial charge in [-0.2, -0.15) is 0 Å². The smallest absolute Gasteiger partial charge is 0.253 e. The summed E-state index contributed by atoms with van der Waals surface area (Å²) >= 11 is 0. The molecule has 2 aliphatic heterocycles. The third-order valence-electron chi connectivity index (χ3n) is 6.12. The van der Waals surface area contributed by atoms with E-state index in [2.05, 4.69) is 12.1 Å². The Labute approximate surface area is 171 Å². The molecule has 152 valence electrons. The minimum Gasteiger partial charge on any atom is -0.339 e. The Bertz CT molecular complexity index is 853. The summed E-state index contributed by atoms with van der Waals surface area (Å²) in [5.74, 6) is -0.443. The maximum atomic E-state index is 13.3. The molecule has 0 aromatic heterocycles. The molecule has 2 fully saturated rings. The van der Waals surface area contributed by atoms with Crippen molar-refractivity contribution in [2.45, 2.75) is 38.1 Å². The zero-order valence-corrected chi connectivity index (χ0v) is 16.6. The number of carbonyl (C=O) groups is 2. The van der Waals surface area contributed by atoms with Gasteiger partial charge in [-0.25, -0.2) is 4.39 Å². The molecule has 0 spiro atoms. The van der Waals surface area contributed by atoms with Crippen LogP contribution in [-0.2, 0) is 11.2 Å². The lowest BCUT2D eigenvalue weighted by molar-refractivity contribution is -0.137. The highest BCUT2D eigenvalue weighted by atomic mass is 19.1. The van der Waals surface area contributed by atoms with Gasteiger partial charge in [0.25, 0.3) is 5.91 Å². The van der Waals surface area contributed by atoms with E-state index in [1.165, 1.54) is 29.8 Å². The first-order chi connectivity index (χ1) is 14.1. The lowest BCUT2D eigenvalue weighted by Crippen LogP contribution is -2.48. The van der Waals surface area contributed by atoms with Crippen molar-refractivity contribution < 1.29 is 14.0 Å². The lowest BCUT2D eigenvalue weighted by Gasteiger charge is -2.35. The van der Waals surface area contributed by atoms with Crippen LogP contribution in [0.25, 0.3) is 0 Å². The SMILES string of the molecule is O=C(c1ccc(F)cc1)N1CCCC(C(=O)N2CCCC2Cc2ccccc2)C1. The molecule has 2 heterocycles. The van der Waals surface area contributed by atoms with Gasteiger partial charge in [0.05, 0.1) is 5.92 Å². The Balaban J connectivity index is 1.41. The van der Waals surface area contributed by atoms with E-state index in [0.717, 1.165) is 38.6 Å². The normalized spacial score (nSPS) is 22.0. The molecule has 2 saturated heterocycles. The molecular formula is C24H27FN2O2. The van der Waals surface area contributed by atoms with Crippen LogP contribution in [0.3, 0.4) is 0 Å². The molecule has 0 N–H and O–H groups in total. The monoisotopic (exact) mass is 394 g/mol. The number of carbonyl (C=O) groups excluding carboxylic acids is 2. The van der Waals surface area contributed by atoms with Crippen molar-refractivity contribution in [2.24, 2.45) is 5.92 Å². The predicted molar refractivity (Wildman–Crippen MR) is 110 cm³/mol. The van der Waals surface area contributed by atoms with Crippen LogP contribution in [0.1, 0.15) is 41.6 Å². The van der Waals surface area contributed by atoms with Crippen LogP contribution in [0.2, 0.25) is 0 Å². The molecule has 2 amide bonds. The highest BCUT2D eigenvalue weighted by Gasteiger charge is 2.36. The lowest BCUT2D eigenvalue weighted by atomic mass is 9.95. The van der Waals surface area contributed by atoms with Crippen molar-refractivity contribution >= 4 is 11.8 Å². The van der Waals surface area contributed by atoms with Crippen LogP contribution >= 0.6 is 0 Å². The van der Waals surface area contributed by atoms with Crippen molar-refractivity contribution in [3.8, 4) is 0 Å². The van der Waals surface area contributed by atoms with E-state index >= 15 is 0 Å². The molecule has 2 atom stereocenters. The van der Waals surface area contributed by atoms with Gasteiger partial charge in [0.15, 0.2) is 0 Å². The van der Waals surface area contributed by atoms with E-state index in [1.807, 2.05) is 23.1 Å². The fourth-order valence-corrected chi connectivity index (χ4v) is 4.60. The minimum absolute atomic E-state index is 0.121. The first-order valence-electron chi connectivity index (χ1n) is 10.5. The van der Waals surface area contributed by atoms with E-state index < -0.39 is 0 Å². The van der Waals surface area contributed by atoms with Gasteiger partial charge in [0, 0.05) is 31.2 Å². The predicted octanol–water partition coefficient (Wildman–Crippen LogP) is 3.91. The molecule has 2 aromatic carbocycles. The quantitative estimate of drug-likeness (QED) is 0.789. The number of halogens is 1. The maximum absolute atomic E-state index is 13.3. The van der Waals surface area contributed by atoms with E-state index in [-0.39, 0.29) is 29.6 Å². The zero-order chi connectivity index (χ0) is 20.2. The summed E-state index contributed by atoms with van der Waals surface area (Å²) in [6.07, 6.45) is 4.60. The molecule has 4 rings (SSSR count). The number of benzene rings is 2. The van der Waals surface area contributed by atoms with Gasteiger partial charge in [-0.1, -0.05) is 30.3 Å². The van der Waals surface area contributed by atoms with Gasteiger partial charge in [0.2, 0.25) is 5.91 Å². The fraction of sp³-hybridized carbons (Fsp3) is 0.417. The van der Waals surface area contributed by atoms with Crippen molar-refractivity contribution in [1.82, 2.24) is 9.80 Å². The molecule has 0 radical (unpaired) electrons. The van der Waals surface area contributed by atoms with Crippen LogP contribution in [0, 0.1) is 11.7 Å². The molecule has 0 bridgehead atoms. The minimum atomic E-state index is -0.355. The van der Waals surface area contributed by atoms with Crippen molar-refractivity contribution in [3.05, 3.63) is 71.5 Å². The second-order valence-corrected chi connectivity index (χ2v) is 8.11. The largest absolute Gasteiger partial charge is 0.339 e. The van der Waals surface area contributed by atoms with Gasteiger partial charge in [-0.05, 0) is 61.9 Å². The average molecular weight is 394 g/mol. The first-order valence-corrected chi connectivity index (χ1v) is 10.5. The standard InChI is InChI=1S/C24H27FN2O2/c25-21-12-10-19(11-13-21)23(28)26-14-4-8-20(17-26)24(29)27-15-5-9-22(27)16-18-6-2-1-3-7-18/h1-3,6-7,10-13,20,22H,4-5,8-9,14-17H2. The highest BCUT2D eigenvalue weighted by Crippen LogP contribution is 2.27. The Kier molecular flexibility index (Phi) is 5.93. The number of piperidine rings is 1. The molecule has 0 aliphatic carbocycles. The van der Waals surface area contributed by atoms with Gasteiger partial charge < -0.3 is 9.80 Å². The number of rotatable bonds is 4. The van der Waals surface area contributed by atoms with Gasteiger partial charge in [0.1, 0.15) is 5.82 Å². The summed E-state index contributed by atoms with van der Waals surface area (Å²) in [6.45, 7) is 1.90. The number of likely N-dealkylation sites (tertiary alicyclic amines) is 2. The summed E-state index contributed by atoms with van der Waals surface area (Å²) in [4.78, 5) is 29.9. The van der Waals surface area contributed by atoms with Crippen LogP contribution in [0.4, 0.5) is 4.39 Å². The molecule has 2 aromatic rings. The molecule has 4 nitrogen and oxygen atoms in total. The summed E-state index contributed by atoms with van der Waals surface area (Å²) in [5, 5.41) is 0. The molecule has 29 heavy (non-hydrogen) atoms. The topological polar surface area (TPSA) is 40.6 Å². The second kappa shape index (κ2) is 8.76. The maximum Gasteiger partial charge on any atom is 0.253 e. The highest BCUT2D eigenvalue weighted by molar-refractivity contribution is 5.94. The number of hydrogen-bond donors (Lipinski definition) is 0. The van der Waals surface area contributed by atoms with Crippen molar-refractivity contribution in [1.29, 1.82) is 0 Å². The van der Waals surface area contributed by atoms with Crippen LogP contribution in [-0.4, -0.2) is 47.3 Å². The Hall–Kier alpha value is -2.69. The van der Waals surface area contributed by atoms with Crippen molar-refractivity contribution in [2.75, 3.05) is 19.6 Å². The second-order valence-electron chi connectivity index (χ2n) is 8.11. The van der Waals surface area contributed by atoms with Crippen molar-refractivity contribution in [3.63, 3.8) is 0 Å². The van der Waals surface area contributed by atoms with Gasteiger partial charge >= 0.3 is 0 Å². The average Bonchev–Trinajstić information content (AvgIpc) is 3.22. The third kappa shape index (κ3) is 4.50. The van der Waals surface area contributed by atoms with Crippen LogP contribution in [0.5, 0.6) is 0 Å². The van der Waals surface area contributed by atoms with E-state index in [4.69, 9.17) is 0 Å². The van der Waals surface area contributed by atoms with Gasteiger partial charge in [-0.3, -0.25) is 9.59 Å². The molecule has 2 aliphatic rings. The molecule has 2 unspecified atom stereocenters. The Morgan fingerprint density at radius 1 is 0.931 bits per heavy atom. The molecular weight excluding hydrogens is 367 g/mol. The number of amides is 2. The van der Waals surface area contributed by atoms with E-state index in [9.17, 15) is 14.0 Å². The summed E-state index contributed by atoms with van der Waals surface area (Å²) in [5.41, 5.74) is 1.73. The van der Waals surface area contributed by atoms with Crippen LogP contribution < -0.4 is 0 Å². The number of nitrogens with zero attached hydrogens (tertiary/aromatic N) is 2. The summed E-state index contributed by atoms with van der Waals surface area (Å²) in [6, 6.07) is 16.2. The number of hydrogen-bond acceptors (Lipinski definition) is 2. The first kappa shape index (κ1) is 19.6. The fourth-order valence-electron chi connectivity index (χ4n) is 4.60. The Morgan fingerprint density at radius 3 is 2.41 bits per heavy atom. The Morgan fingerprint density at radius 2 is 1.66 bits per heavy atom. The molecule has 0 saturated carbocycles. The van der Waals surface area contributed by atoms with E-state index in [0.29, 0.717) is 18.7 Å². The van der Waals surface area contributed by atoms with Crippen LogP contribution in [0.15, 0.2) is 54.6 Å².